The molecule has 0 aliphatic carbocycles. The van der Waals surface area contributed by atoms with Crippen LogP contribution in [0.15, 0.2) is 49.6 Å². The molecule has 1 aromatic carbocycles. The number of amides is 3. The molecular formula is C33H46N6O4S. The minimum atomic E-state index is -0.839. The molecule has 238 valence electrons. The number of carbonyl (C=O) groups excluding carboxylic acids is 3. The zero-order chi connectivity index (χ0) is 31.8. The highest BCUT2D eigenvalue weighted by Crippen LogP contribution is 2.72. The Balaban J connectivity index is 1.59. The van der Waals surface area contributed by atoms with Gasteiger partial charge in [0.1, 0.15) is 18.2 Å². The van der Waals surface area contributed by atoms with Gasteiger partial charge in [-0.2, -0.15) is 0 Å². The number of hydrogen-bond donors (Lipinski definition) is 1. The van der Waals surface area contributed by atoms with Crippen molar-refractivity contribution in [2.75, 3.05) is 26.2 Å². The lowest BCUT2D eigenvalue weighted by atomic mass is 9.66. The van der Waals surface area contributed by atoms with Crippen molar-refractivity contribution >= 4 is 40.5 Å². The molecule has 44 heavy (non-hydrogen) atoms. The SMILES string of the molecule is C=CCN(Cn1nnc2ccccc21)C(=O)C1N([C@@H](CO)CC(C)C)C(=O)[C@@H]2[C@@H](C(=O)N(CC=C)CCC)[C@@]3(C)CCC12S3. The molecule has 0 saturated carbocycles. The molecule has 2 unspecified atom stereocenters. The third kappa shape index (κ3) is 5.25. The fourth-order valence-electron chi connectivity index (χ4n) is 7.88. The lowest BCUT2D eigenvalue weighted by Crippen LogP contribution is -2.57. The number of aromatic nitrogens is 3. The second kappa shape index (κ2) is 12.7. The van der Waals surface area contributed by atoms with Crippen molar-refractivity contribution in [3.05, 3.63) is 49.6 Å². The van der Waals surface area contributed by atoms with Crippen molar-refractivity contribution in [2.24, 2.45) is 17.8 Å². The number of thioether (sulfide) groups is 1. The molecule has 3 saturated heterocycles. The number of fused-ring (bicyclic) bond motifs is 2. The molecule has 3 aliphatic rings. The smallest absolute Gasteiger partial charge is 0.248 e. The molecule has 11 heteroatoms. The van der Waals surface area contributed by atoms with Crippen molar-refractivity contribution in [3.63, 3.8) is 0 Å². The predicted octanol–water partition coefficient (Wildman–Crippen LogP) is 3.72. The lowest BCUT2D eigenvalue weighted by Gasteiger charge is -2.40. The number of para-hydroxylation sites is 1. The van der Waals surface area contributed by atoms with Crippen LogP contribution in [0.3, 0.4) is 0 Å². The van der Waals surface area contributed by atoms with E-state index in [4.69, 9.17) is 0 Å². The highest BCUT2D eigenvalue weighted by Gasteiger charge is 2.78. The molecule has 1 N–H and O–H groups in total. The van der Waals surface area contributed by atoms with Crippen LogP contribution in [-0.4, -0.2) is 100 Å². The fraction of sp³-hybridized carbons (Fsp3) is 0.606. The Morgan fingerprint density at radius 1 is 1.16 bits per heavy atom. The summed E-state index contributed by atoms with van der Waals surface area (Å²) >= 11 is 1.65. The Morgan fingerprint density at radius 2 is 1.86 bits per heavy atom. The van der Waals surface area contributed by atoms with Crippen LogP contribution in [0.2, 0.25) is 0 Å². The largest absolute Gasteiger partial charge is 0.394 e. The summed E-state index contributed by atoms with van der Waals surface area (Å²) < 4.78 is 0.423. The van der Waals surface area contributed by atoms with Gasteiger partial charge in [0, 0.05) is 24.4 Å². The summed E-state index contributed by atoms with van der Waals surface area (Å²) in [6, 6.07) is 6.19. The van der Waals surface area contributed by atoms with Gasteiger partial charge in [-0.05, 0) is 50.7 Å². The first-order valence-electron chi connectivity index (χ1n) is 15.8. The maximum absolute atomic E-state index is 14.9. The molecule has 3 fully saturated rings. The van der Waals surface area contributed by atoms with Crippen molar-refractivity contribution in [3.8, 4) is 0 Å². The van der Waals surface area contributed by atoms with Crippen LogP contribution in [0.5, 0.6) is 0 Å². The number of hydrogen-bond acceptors (Lipinski definition) is 7. The van der Waals surface area contributed by atoms with Gasteiger partial charge in [0.25, 0.3) is 0 Å². The Labute approximate surface area is 264 Å². The van der Waals surface area contributed by atoms with Crippen LogP contribution < -0.4 is 0 Å². The van der Waals surface area contributed by atoms with Gasteiger partial charge in [0.05, 0.1) is 34.7 Å². The van der Waals surface area contributed by atoms with E-state index in [1.165, 1.54) is 0 Å². The number of likely N-dealkylation sites (tertiary alicyclic amines) is 1. The number of carbonyl (C=O) groups is 3. The van der Waals surface area contributed by atoms with E-state index < -0.39 is 33.4 Å². The molecule has 3 amide bonds. The Kier molecular flexibility index (Phi) is 9.28. The summed E-state index contributed by atoms with van der Waals surface area (Å²) in [5.41, 5.74) is 1.52. The number of benzene rings is 1. The van der Waals surface area contributed by atoms with Crippen LogP contribution in [-0.2, 0) is 21.1 Å². The van der Waals surface area contributed by atoms with Gasteiger partial charge in [-0.1, -0.05) is 50.3 Å². The van der Waals surface area contributed by atoms with Gasteiger partial charge < -0.3 is 19.8 Å². The number of aliphatic hydroxyl groups excluding tert-OH is 1. The molecule has 1 aromatic heterocycles. The van der Waals surface area contributed by atoms with Crippen LogP contribution in [0.25, 0.3) is 11.0 Å². The topological polar surface area (TPSA) is 112 Å². The second-order valence-corrected chi connectivity index (χ2v) is 15.0. The van der Waals surface area contributed by atoms with E-state index in [-0.39, 0.29) is 43.5 Å². The second-order valence-electron chi connectivity index (χ2n) is 13.1. The average molecular weight is 623 g/mol. The average Bonchev–Trinajstić information content (AvgIpc) is 3.70. The van der Waals surface area contributed by atoms with Crippen molar-refractivity contribution < 1.29 is 19.5 Å². The fourth-order valence-corrected chi connectivity index (χ4v) is 10.2. The van der Waals surface area contributed by atoms with E-state index in [1.807, 2.05) is 49.9 Å². The van der Waals surface area contributed by atoms with Crippen LogP contribution in [0.4, 0.5) is 0 Å². The highest BCUT2D eigenvalue weighted by atomic mass is 32.2. The van der Waals surface area contributed by atoms with Gasteiger partial charge in [0.2, 0.25) is 17.7 Å². The minimum Gasteiger partial charge on any atom is -0.394 e. The first-order chi connectivity index (χ1) is 21.1. The first kappa shape index (κ1) is 32.2. The Hall–Kier alpha value is -3.18. The van der Waals surface area contributed by atoms with Crippen LogP contribution in [0.1, 0.15) is 53.4 Å². The van der Waals surface area contributed by atoms with Gasteiger partial charge in [-0.25, -0.2) is 4.68 Å². The number of aliphatic hydroxyl groups is 1. The van der Waals surface area contributed by atoms with Crippen LogP contribution in [0, 0.1) is 17.8 Å². The predicted molar refractivity (Wildman–Crippen MR) is 172 cm³/mol. The summed E-state index contributed by atoms with van der Waals surface area (Å²) in [6.45, 7) is 17.1. The molecule has 3 aliphatic heterocycles. The number of rotatable bonds is 14. The monoisotopic (exact) mass is 622 g/mol. The van der Waals surface area contributed by atoms with Crippen molar-refractivity contribution in [2.45, 2.75) is 81.6 Å². The lowest BCUT2D eigenvalue weighted by molar-refractivity contribution is -0.148. The van der Waals surface area contributed by atoms with Gasteiger partial charge in [0.15, 0.2) is 0 Å². The normalized spacial score (nSPS) is 28.0. The summed E-state index contributed by atoms with van der Waals surface area (Å²) in [4.78, 5) is 49.1. The molecule has 10 nitrogen and oxygen atoms in total. The summed E-state index contributed by atoms with van der Waals surface area (Å²) in [7, 11) is 0. The molecule has 2 aromatic rings. The highest BCUT2D eigenvalue weighted by molar-refractivity contribution is 8.02. The maximum atomic E-state index is 14.9. The third-order valence-electron chi connectivity index (χ3n) is 9.60. The van der Waals surface area contributed by atoms with E-state index in [2.05, 4.69) is 30.4 Å². The minimum absolute atomic E-state index is 0.0452. The summed E-state index contributed by atoms with van der Waals surface area (Å²) in [6.07, 6.45) is 6.12. The maximum Gasteiger partial charge on any atom is 0.248 e. The van der Waals surface area contributed by atoms with Crippen molar-refractivity contribution in [1.82, 2.24) is 29.7 Å². The van der Waals surface area contributed by atoms with Crippen LogP contribution >= 0.6 is 11.8 Å². The van der Waals surface area contributed by atoms with E-state index in [9.17, 15) is 19.5 Å². The van der Waals surface area contributed by atoms with E-state index in [1.54, 1.807) is 38.4 Å². The Morgan fingerprint density at radius 3 is 2.52 bits per heavy atom. The van der Waals surface area contributed by atoms with Crippen molar-refractivity contribution in [1.29, 1.82) is 0 Å². The standard InChI is InChI=1S/C33H46N6O4S/c1-7-16-36(17-8-2)29(41)26-27-30(42)39(23(20-40)19-22(4)5)28(33(27)15-14-32(26,6)44-33)31(43)37(18-9-3)21-38-25-13-11-10-12-24(25)34-35-38/h7,9-13,22-23,26-28,40H,1,3,8,14-21H2,2,4-6H3/t23-,26+,27+,28?,32-,33?/m1/s1. The molecule has 5 rings (SSSR count). The quantitative estimate of drug-likeness (QED) is 0.320. The summed E-state index contributed by atoms with van der Waals surface area (Å²) in [5, 5.41) is 19.2. The molecule has 6 atom stereocenters. The Bertz CT molecular complexity index is 1430. The number of nitrogens with zero attached hydrogens (tertiary/aromatic N) is 6. The van der Waals surface area contributed by atoms with Gasteiger partial charge in [-0.15, -0.1) is 30.0 Å². The zero-order valence-corrected chi connectivity index (χ0v) is 27.2. The van der Waals surface area contributed by atoms with E-state index in [0.29, 0.717) is 25.9 Å². The van der Waals surface area contributed by atoms with E-state index >= 15 is 0 Å². The molecular weight excluding hydrogens is 576 g/mol. The first-order valence-corrected chi connectivity index (χ1v) is 16.6. The third-order valence-corrected chi connectivity index (χ3v) is 11.6. The molecule has 2 bridgehead atoms. The molecule has 4 heterocycles. The molecule has 1 spiro atoms. The van der Waals surface area contributed by atoms with E-state index in [0.717, 1.165) is 23.9 Å². The zero-order valence-electron chi connectivity index (χ0n) is 26.4. The summed E-state index contributed by atoms with van der Waals surface area (Å²) in [5.74, 6) is -1.50. The molecule has 0 radical (unpaired) electrons. The van der Waals surface area contributed by atoms with Gasteiger partial charge in [-0.3, -0.25) is 14.4 Å². The van der Waals surface area contributed by atoms with Gasteiger partial charge >= 0.3 is 0 Å².